The first-order chi connectivity index (χ1) is 14.3. The summed E-state index contributed by atoms with van der Waals surface area (Å²) in [4.78, 5) is 4.76. The lowest BCUT2D eigenvalue weighted by Crippen LogP contribution is -2.38. The highest BCUT2D eigenvalue weighted by Gasteiger charge is 2.32. The van der Waals surface area contributed by atoms with E-state index in [1.807, 2.05) is 12.1 Å². The quantitative estimate of drug-likeness (QED) is 0.594. The Morgan fingerprint density at radius 2 is 1.67 bits per heavy atom. The van der Waals surface area contributed by atoms with Crippen LogP contribution in [0.2, 0.25) is 0 Å². The van der Waals surface area contributed by atoms with Crippen LogP contribution in [0.4, 0.5) is 4.39 Å². The van der Waals surface area contributed by atoms with Crippen LogP contribution in [-0.4, -0.2) is 36.0 Å². The van der Waals surface area contributed by atoms with E-state index in [-0.39, 0.29) is 11.7 Å². The number of piperidine rings is 1. The number of hydrogen-bond donors (Lipinski definition) is 0. The van der Waals surface area contributed by atoms with Gasteiger partial charge in [0.05, 0.1) is 4.90 Å². The summed E-state index contributed by atoms with van der Waals surface area (Å²) in [6, 6.07) is 13.0. The van der Waals surface area contributed by atoms with Crippen LogP contribution in [0.1, 0.15) is 49.9 Å². The van der Waals surface area contributed by atoms with Gasteiger partial charge in [-0.05, 0) is 60.7 Å². The lowest BCUT2D eigenvalue weighted by Gasteiger charge is -2.29. The zero-order valence-corrected chi connectivity index (χ0v) is 17.8. The van der Waals surface area contributed by atoms with Crippen LogP contribution in [0, 0.1) is 5.82 Å². The average Bonchev–Trinajstić information content (AvgIpc) is 3.25. The van der Waals surface area contributed by atoms with Gasteiger partial charge >= 0.3 is 0 Å². The van der Waals surface area contributed by atoms with Gasteiger partial charge in [0.15, 0.2) is 5.82 Å². The van der Waals surface area contributed by atoms with E-state index in [1.165, 1.54) is 16.4 Å². The van der Waals surface area contributed by atoms with Crippen molar-refractivity contribution >= 4 is 10.0 Å². The second-order valence-electron chi connectivity index (χ2n) is 7.87. The number of rotatable bonds is 5. The molecule has 0 aliphatic carbocycles. The molecule has 1 aromatic heterocycles. The summed E-state index contributed by atoms with van der Waals surface area (Å²) in [5, 5.41) is 4.06. The van der Waals surface area contributed by atoms with Crippen molar-refractivity contribution in [2.75, 3.05) is 13.1 Å². The van der Waals surface area contributed by atoms with Crippen molar-refractivity contribution in [2.24, 2.45) is 0 Å². The minimum atomic E-state index is -3.52. The standard InChI is InChI=1S/C22H24FN3O3S/c1-15(2)16-5-9-20(10-6-16)30(27,28)26-13-11-17(12-14-26)21-24-22(29-25-21)18-3-7-19(23)8-4-18/h3-10,15,17H,11-14H2,1-2H3. The molecular weight excluding hydrogens is 405 g/mol. The van der Waals surface area contributed by atoms with E-state index in [4.69, 9.17) is 4.52 Å². The number of aromatic nitrogens is 2. The molecule has 0 unspecified atom stereocenters. The topological polar surface area (TPSA) is 76.3 Å². The molecule has 1 saturated heterocycles. The van der Waals surface area contributed by atoms with Gasteiger partial charge in [-0.15, -0.1) is 0 Å². The molecule has 1 fully saturated rings. The van der Waals surface area contributed by atoms with E-state index in [9.17, 15) is 12.8 Å². The Bertz CT molecular complexity index is 1100. The summed E-state index contributed by atoms with van der Waals surface area (Å²) in [6.45, 7) is 4.96. The number of halogens is 1. The molecule has 2 heterocycles. The first-order valence-corrected chi connectivity index (χ1v) is 11.5. The van der Waals surface area contributed by atoms with E-state index in [0.717, 1.165) is 5.56 Å². The monoisotopic (exact) mass is 429 g/mol. The molecule has 2 aromatic carbocycles. The van der Waals surface area contributed by atoms with Crippen molar-refractivity contribution in [1.82, 2.24) is 14.4 Å². The Kier molecular flexibility index (Phi) is 5.71. The van der Waals surface area contributed by atoms with Crippen LogP contribution in [0.25, 0.3) is 11.5 Å². The van der Waals surface area contributed by atoms with Gasteiger partial charge in [0.1, 0.15) is 5.82 Å². The van der Waals surface area contributed by atoms with Crippen molar-refractivity contribution in [1.29, 1.82) is 0 Å². The number of hydrogen-bond acceptors (Lipinski definition) is 5. The van der Waals surface area contributed by atoms with Crippen molar-refractivity contribution in [3.8, 4) is 11.5 Å². The van der Waals surface area contributed by atoms with Crippen LogP contribution in [0.15, 0.2) is 57.9 Å². The van der Waals surface area contributed by atoms with Gasteiger partial charge in [-0.1, -0.05) is 31.1 Å². The fraction of sp³-hybridized carbons (Fsp3) is 0.364. The molecule has 30 heavy (non-hydrogen) atoms. The highest BCUT2D eigenvalue weighted by molar-refractivity contribution is 7.89. The van der Waals surface area contributed by atoms with Gasteiger partial charge in [0.2, 0.25) is 10.0 Å². The third kappa shape index (κ3) is 4.15. The smallest absolute Gasteiger partial charge is 0.257 e. The fourth-order valence-corrected chi connectivity index (χ4v) is 5.11. The lowest BCUT2D eigenvalue weighted by molar-refractivity contribution is 0.307. The Labute approximate surface area is 175 Å². The molecule has 1 aliphatic rings. The normalized spacial score (nSPS) is 16.3. The van der Waals surface area contributed by atoms with Crippen molar-refractivity contribution in [3.05, 3.63) is 65.7 Å². The van der Waals surface area contributed by atoms with Crippen molar-refractivity contribution in [2.45, 2.75) is 43.4 Å². The van der Waals surface area contributed by atoms with Crippen LogP contribution in [0.5, 0.6) is 0 Å². The third-order valence-corrected chi connectivity index (χ3v) is 7.45. The minimum absolute atomic E-state index is 0.0257. The van der Waals surface area contributed by atoms with Gasteiger partial charge in [-0.2, -0.15) is 9.29 Å². The maximum atomic E-state index is 13.1. The van der Waals surface area contributed by atoms with Crippen molar-refractivity contribution in [3.63, 3.8) is 0 Å². The number of benzene rings is 2. The van der Waals surface area contributed by atoms with Crippen LogP contribution in [0.3, 0.4) is 0 Å². The molecule has 0 spiro atoms. The predicted octanol–water partition coefficient (Wildman–Crippen LogP) is 4.57. The minimum Gasteiger partial charge on any atom is -0.334 e. The van der Waals surface area contributed by atoms with E-state index in [0.29, 0.717) is 54.0 Å². The molecule has 0 N–H and O–H groups in total. The Morgan fingerprint density at radius 3 is 2.27 bits per heavy atom. The largest absolute Gasteiger partial charge is 0.334 e. The van der Waals surface area contributed by atoms with E-state index in [1.54, 1.807) is 24.3 Å². The summed E-state index contributed by atoms with van der Waals surface area (Å²) in [6.07, 6.45) is 1.23. The first-order valence-electron chi connectivity index (χ1n) is 10.0. The van der Waals surface area contributed by atoms with Gasteiger partial charge in [0.25, 0.3) is 5.89 Å². The molecule has 0 amide bonds. The summed E-state index contributed by atoms with van der Waals surface area (Å²) in [7, 11) is -3.52. The molecule has 6 nitrogen and oxygen atoms in total. The second-order valence-corrected chi connectivity index (χ2v) is 9.80. The predicted molar refractivity (Wildman–Crippen MR) is 111 cm³/mol. The molecule has 3 aromatic rings. The fourth-order valence-electron chi connectivity index (χ4n) is 3.64. The molecule has 4 rings (SSSR count). The highest BCUT2D eigenvalue weighted by atomic mass is 32.2. The van der Waals surface area contributed by atoms with E-state index >= 15 is 0 Å². The maximum absolute atomic E-state index is 13.1. The van der Waals surface area contributed by atoms with Gasteiger partial charge in [0, 0.05) is 24.6 Å². The summed E-state index contributed by atoms with van der Waals surface area (Å²) in [5.41, 5.74) is 1.77. The SMILES string of the molecule is CC(C)c1ccc(S(=O)(=O)N2CCC(c3noc(-c4ccc(F)cc4)n3)CC2)cc1. The molecule has 0 atom stereocenters. The van der Waals surface area contributed by atoms with Crippen LogP contribution in [-0.2, 0) is 10.0 Å². The van der Waals surface area contributed by atoms with E-state index in [2.05, 4.69) is 24.0 Å². The molecular formula is C22H24FN3O3S. The molecule has 158 valence electrons. The molecule has 1 aliphatic heterocycles. The van der Waals surface area contributed by atoms with Crippen LogP contribution < -0.4 is 0 Å². The zero-order valence-electron chi connectivity index (χ0n) is 17.0. The van der Waals surface area contributed by atoms with Gasteiger partial charge in [-0.3, -0.25) is 0 Å². The van der Waals surface area contributed by atoms with Crippen molar-refractivity contribution < 1.29 is 17.3 Å². The zero-order chi connectivity index (χ0) is 21.3. The Balaban J connectivity index is 1.43. The average molecular weight is 430 g/mol. The summed E-state index contributed by atoms with van der Waals surface area (Å²) < 4.78 is 45.9. The highest BCUT2D eigenvalue weighted by Crippen LogP contribution is 2.31. The number of sulfonamides is 1. The van der Waals surface area contributed by atoms with Crippen LogP contribution >= 0.6 is 0 Å². The Morgan fingerprint density at radius 1 is 1.03 bits per heavy atom. The van der Waals surface area contributed by atoms with E-state index < -0.39 is 10.0 Å². The second kappa shape index (κ2) is 8.28. The third-order valence-electron chi connectivity index (χ3n) is 5.54. The number of nitrogens with zero attached hydrogens (tertiary/aromatic N) is 3. The molecule has 0 radical (unpaired) electrons. The molecule has 0 saturated carbocycles. The Hall–Kier alpha value is -2.58. The molecule has 8 heteroatoms. The lowest BCUT2D eigenvalue weighted by atomic mass is 9.97. The maximum Gasteiger partial charge on any atom is 0.257 e. The summed E-state index contributed by atoms with van der Waals surface area (Å²) >= 11 is 0. The van der Waals surface area contributed by atoms with Gasteiger partial charge < -0.3 is 4.52 Å². The summed E-state index contributed by atoms with van der Waals surface area (Å²) in [5.74, 6) is 0.953. The first kappa shape index (κ1) is 20.7. The molecule has 0 bridgehead atoms. The van der Waals surface area contributed by atoms with Gasteiger partial charge in [-0.25, -0.2) is 12.8 Å².